The van der Waals surface area contributed by atoms with E-state index in [0.717, 1.165) is 18.4 Å². The van der Waals surface area contributed by atoms with E-state index in [9.17, 15) is 8.42 Å². The molecule has 100 valence electrons. The van der Waals surface area contributed by atoms with Crippen molar-refractivity contribution in [3.8, 4) is 5.75 Å². The summed E-state index contributed by atoms with van der Waals surface area (Å²) in [5, 5.41) is 5.15. The van der Waals surface area contributed by atoms with Crippen molar-refractivity contribution in [3.05, 3.63) is 23.8 Å². The first-order chi connectivity index (χ1) is 8.18. The number of ether oxygens (including phenoxy) is 1. The minimum atomic E-state index is -3.68. The quantitative estimate of drug-likeness (QED) is 0.914. The third-order valence-electron chi connectivity index (χ3n) is 2.91. The van der Waals surface area contributed by atoms with Crippen LogP contribution in [-0.2, 0) is 15.4 Å². The molecule has 0 amide bonds. The van der Waals surface area contributed by atoms with E-state index in [4.69, 9.17) is 9.88 Å². The maximum Gasteiger partial charge on any atom is 0.238 e. The van der Waals surface area contributed by atoms with E-state index in [0.29, 0.717) is 5.75 Å². The standard InChI is InChI=1S/C13H19NO3S/c1-13(2,3)11-7-6-10(18(14,15)16)8-12(11)17-9-4-5-9/h6-9H,4-5H2,1-3H3,(H2,14,15,16). The molecule has 4 nitrogen and oxygen atoms in total. The number of hydrogen-bond donors (Lipinski definition) is 1. The summed E-state index contributed by atoms with van der Waals surface area (Å²) in [4.78, 5) is 0.103. The molecule has 0 heterocycles. The Morgan fingerprint density at radius 1 is 1.28 bits per heavy atom. The van der Waals surface area contributed by atoms with Crippen LogP contribution >= 0.6 is 0 Å². The third kappa shape index (κ3) is 3.03. The molecule has 1 aliphatic rings. The second kappa shape index (κ2) is 4.24. The molecule has 0 bridgehead atoms. The van der Waals surface area contributed by atoms with Gasteiger partial charge < -0.3 is 4.74 Å². The first-order valence-corrected chi connectivity index (χ1v) is 7.56. The molecule has 0 saturated heterocycles. The van der Waals surface area contributed by atoms with Crippen molar-refractivity contribution >= 4 is 10.0 Å². The van der Waals surface area contributed by atoms with Crippen LogP contribution in [0.25, 0.3) is 0 Å². The second-order valence-corrected chi connectivity index (χ2v) is 7.33. The topological polar surface area (TPSA) is 69.4 Å². The molecule has 2 N–H and O–H groups in total. The van der Waals surface area contributed by atoms with Gasteiger partial charge in [0, 0.05) is 6.07 Å². The number of rotatable bonds is 3. The Labute approximate surface area is 108 Å². The largest absolute Gasteiger partial charge is 0.490 e. The van der Waals surface area contributed by atoms with Crippen LogP contribution in [0, 0.1) is 0 Å². The normalized spacial score (nSPS) is 16.7. The lowest BCUT2D eigenvalue weighted by Crippen LogP contribution is -2.17. The summed E-state index contributed by atoms with van der Waals surface area (Å²) < 4.78 is 28.5. The SMILES string of the molecule is CC(C)(C)c1ccc(S(N)(=O)=O)cc1OC1CC1. The van der Waals surface area contributed by atoms with Gasteiger partial charge in [0.1, 0.15) is 5.75 Å². The first-order valence-electron chi connectivity index (χ1n) is 6.02. The molecule has 5 heteroatoms. The van der Waals surface area contributed by atoms with E-state index >= 15 is 0 Å². The Balaban J connectivity index is 2.47. The van der Waals surface area contributed by atoms with E-state index in [2.05, 4.69) is 20.8 Å². The van der Waals surface area contributed by atoms with Gasteiger partial charge in [-0.1, -0.05) is 26.8 Å². The molecule has 1 aromatic rings. The lowest BCUT2D eigenvalue weighted by molar-refractivity contribution is 0.294. The van der Waals surface area contributed by atoms with Crippen molar-refractivity contribution in [3.63, 3.8) is 0 Å². The summed E-state index contributed by atoms with van der Waals surface area (Å²) in [5.41, 5.74) is 0.906. The summed E-state index contributed by atoms with van der Waals surface area (Å²) in [5.74, 6) is 0.636. The molecule has 1 fully saturated rings. The summed E-state index contributed by atoms with van der Waals surface area (Å²) in [6.07, 6.45) is 2.29. The second-order valence-electron chi connectivity index (χ2n) is 5.77. The molecule has 1 aliphatic carbocycles. The van der Waals surface area contributed by atoms with Crippen molar-refractivity contribution in [2.45, 2.75) is 50.0 Å². The Kier molecular flexibility index (Phi) is 3.15. The Morgan fingerprint density at radius 3 is 2.33 bits per heavy atom. The van der Waals surface area contributed by atoms with Crippen LogP contribution in [0.4, 0.5) is 0 Å². The van der Waals surface area contributed by atoms with E-state index in [-0.39, 0.29) is 16.4 Å². The molecule has 1 saturated carbocycles. The maximum absolute atomic E-state index is 11.4. The zero-order valence-electron chi connectivity index (χ0n) is 10.9. The van der Waals surface area contributed by atoms with Crippen LogP contribution < -0.4 is 9.88 Å². The summed E-state index contributed by atoms with van der Waals surface area (Å²) >= 11 is 0. The molecule has 0 spiro atoms. The Bertz CT molecular complexity index is 554. The number of sulfonamides is 1. The van der Waals surface area contributed by atoms with Gasteiger partial charge in [0.25, 0.3) is 0 Å². The van der Waals surface area contributed by atoms with Gasteiger partial charge in [-0.25, -0.2) is 13.6 Å². The predicted molar refractivity (Wildman–Crippen MR) is 70.2 cm³/mol. The first kappa shape index (κ1) is 13.4. The van der Waals surface area contributed by atoms with Crippen molar-refractivity contribution in [2.75, 3.05) is 0 Å². The summed E-state index contributed by atoms with van der Waals surface area (Å²) in [6.45, 7) is 6.20. The minimum absolute atomic E-state index is 0.0961. The van der Waals surface area contributed by atoms with Crippen molar-refractivity contribution in [1.29, 1.82) is 0 Å². The lowest BCUT2D eigenvalue weighted by atomic mass is 9.86. The average molecular weight is 269 g/mol. The van der Waals surface area contributed by atoms with E-state index in [1.165, 1.54) is 12.1 Å². The van der Waals surface area contributed by atoms with E-state index < -0.39 is 10.0 Å². The fraction of sp³-hybridized carbons (Fsp3) is 0.538. The highest BCUT2D eigenvalue weighted by Gasteiger charge is 2.28. The fourth-order valence-corrected chi connectivity index (χ4v) is 2.29. The third-order valence-corrected chi connectivity index (χ3v) is 3.82. The molecule has 0 aromatic heterocycles. The number of hydrogen-bond acceptors (Lipinski definition) is 3. The monoisotopic (exact) mass is 269 g/mol. The zero-order valence-corrected chi connectivity index (χ0v) is 11.8. The molecular weight excluding hydrogens is 250 g/mol. The lowest BCUT2D eigenvalue weighted by Gasteiger charge is -2.23. The van der Waals surface area contributed by atoms with E-state index in [1.54, 1.807) is 6.07 Å². The van der Waals surface area contributed by atoms with Gasteiger partial charge in [-0.2, -0.15) is 0 Å². The molecule has 1 aromatic carbocycles. The number of nitrogens with two attached hydrogens (primary N) is 1. The molecule has 2 rings (SSSR count). The smallest absolute Gasteiger partial charge is 0.238 e. The summed E-state index contributed by atoms with van der Waals surface area (Å²) in [7, 11) is -3.68. The molecule has 0 unspecified atom stereocenters. The minimum Gasteiger partial charge on any atom is -0.490 e. The molecule has 0 radical (unpaired) electrons. The Hall–Kier alpha value is -1.07. The van der Waals surface area contributed by atoms with Gasteiger partial charge >= 0.3 is 0 Å². The molecular formula is C13H19NO3S. The number of primary sulfonamides is 1. The van der Waals surface area contributed by atoms with Crippen molar-refractivity contribution in [2.24, 2.45) is 5.14 Å². The maximum atomic E-state index is 11.4. The van der Waals surface area contributed by atoms with Crippen LogP contribution in [0.3, 0.4) is 0 Å². The van der Waals surface area contributed by atoms with Crippen LogP contribution in [0.1, 0.15) is 39.2 Å². The zero-order chi connectivity index (χ0) is 13.6. The molecule has 18 heavy (non-hydrogen) atoms. The Morgan fingerprint density at radius 2 is 1.89 bits per heavy atom. The molecule has 0 aliphatic heterocycles. The molecule has 0 atom stereocenters. The van der Waals surface area contributed by atoms with Crippen LogP contribution in [-0.4, -0.2) is 14.5 Å². The van der Waals surface area contributed by atoms with Gasteiger partial charge in [0.2, 0.25) is 10.0 Å². The van der Waals surface area contributed by atoms with Crippen molar-refractivity contribution in [1.82, 2.24) is 0 Å². The van der Waals surface area contributed by atoms with Gasteiger partial charge in [-0.05, 0) is 29.9 Å². The van der Waals surface area contributed by atoms with Gasteiger partial charge in [0.15, 0.2) is 0 Å². The average Bonchev–Trinajstić information content (AvgIpc) is 2.98. The van der Waals surface area contributed by atoms with Crippen LogP contribution in [0.15, 0.2) is 23.1 Å². The fourth-order valence-electron chi connectivity index (χ4n) is 1.76. The highest BCUT2D eigenvalue weighted by atomic mass is 32.2. The summed E-state index contributed by atoms with van der Waals surface area (Å²) in [6, 6.07) is 4.86. The highest BCUT2D eigenvalue weighted by molar-refractivity contribution is 7.89. The van der Waals surface area contributed by atoms with E-state index in [1.807, 2.05) is 0 Å². The predicted octanol–water partition coefficient (Wildman–Crippen LogP) is 2.17. The highest BCUT2D eigenvalue weighted by Crippen LogP contribution is 2.36. The van der Waals surface area contributed by atoms with Crippen LogP contribution in [0.5, 0.6) is 5.75 Å². The van der Waals surface area contributed by atoms with Gasteiger partial charge in [-0.3, -0.25) is 0 Å². The van der Waals surface area contributed by atoms with Crippen LogP contribution in [0.2, 0.25) is 0 Å². The van der Waals surface area contributed by atoms with Gasteiger partial charge in [-0.15, -0.1) is 0 Å². The van der Waals surface area contributed by atoms with Crippen molar-refractivity contribution < 1.29 is 13.2 Å². The number of benzene rings is 1. The van der Waals surface area contributed by atoms with Gasteiger partial charge in [0.05, 0.1) is 11.0 Å².